The average Bonchev–Trinajstić information content (AvgIpc) is 2.79. The van der Waals surface area contributed by atoms with E-state index < -0.39 is 32.5 Å². The van der Waals surface area contributed by atoms with Crippen LogP contribution in [0.2, 0.25) is 0 Å². The number of hydrogen-bond acceptors (Lipinski definition) is 6. The Morgan fingerprint density at radius 3 is 2.42 bits per heavy atom. The van der Waals surface area contributed by atoms with Crippen LogP contribution in [0.3, 0.4) is 0 Å². The van der Waals surface area contributed by atoms with Gasteiger partial charge in [-0.3, -0.25) is 4.72 Å². The van der Waals surface area contributed by atoms with E-state index in [1.807, 2.05) is 4.90 Å². The van der Waals surface area contributed by atoms with Crippen LogP contribution in [0.4, 0.5) is 20.3 Å². The maximum Gasteiger partial charge on any atom is 0.336 e. The Balaban J connectivity index is 1.67. The van der Waals surface area contributed by atoms with Crippen LogP contribution in [0.1, 0.15) is 17.3 Å². The zero-order chi connectivity index (χ0) is 23.8. The number of aromatic carboxylic acids is 1. The number of carbonyl (C=O) groups is 1. The molecule has 0 spiro atoms. The summed E-state index contributed by atoms with van der Waals surface area (Å²) in [5.74, 6) is -3.08. The second-order valence-electron chi connectivity index (χ2n) is 7.67. The van der Waals surface area contributed by atoms with Gasteiger partial charge in [-0.1, -0.05) is 6.92 Å². The van der Waals surface area contributed by atoms with Crippen LogP contribution < -0.4 is 9.62 Å². The molecule has 2 heterocycles. The van der Waals surface area contributed by atoms with Crippen LogP contribution in [-0.2, 0) is 10.0 Å². The van der Waals surface area contributed by atoms with Crippen molar-refractivity contribution in [1.29, 1.82) is 0 Å². The van der Waals surface area contributed by atoms with Gasteiger partial charge in [0, 0.05) is 37.3 Å². The Morgan fingerprint density at radius 1 is 1.06 bits per heavy atom. The first kappa shape index (κ1) is 22.9. The SMILES string of the molecule is CCN1CCN(c2cc(C(=O)O)c3cc(NS(=O)(=O)c4ccc(F)c(F)c4)ccc3n2)CC1. The lowest BCUT2D eigenvalue weighted by Gasteiger charge is -2.35. The van der Waals surface area contributed by atoms with E-state index in [1.165, 1.54) is 24.3 Å². The van der Waals surface area contributed by atoms with E-state index in [0.29, 0.717) is 17.4 Å². The van der Waals surface area contributed by atoms with Gasteiger partial charge in [-0.15, -0.1) is 0 Å². The molecule has 0 radical (unpaired) electrons. The monoisotopic (exact) mass is 476 g/mol. The maximum absolute atomic E-state index is 13.5. The molecule has 8 nitrogen and oxygen atoms in total. The van der Waals surface area contributed by atoms with Crippen molar-refractivity contribution in [1.82, 2.24) is 9.88 Å². The molecule has 0 aliphatic carbocycles. The molecule has 1 aliphatic rings. The minimum absolute atomic E-state index is 0.0122. The summed E-state index contributed by atoms with van der Waals surface area (Å²) >= 11 is 0. The van der Waals surface area contributed by atoms with Gasteiger partial charge < -0.3 is 14.9 Å². The number of sulfonamides is 1. The van der Waals surface area contributed by atoms with E-state index in [4.69, 9.17) is 0 Å². The van der Waals surface area contributed by atoms with Crippen LogP contribution >= 0.6 is 0 Å². The number of anilines is 2. The molecule has 1 saturated heterocycles. The molecule has 3 aromatic rings. The summed E-state index contributed by atoms with van der Waals surface area (Å²) in [6.07, 6.45) is 0. The normalized spacial score (nSPS) is 15.1. The molecule has 0 unspecified atom stereocenters. The summed E-state index contributed by atoms with van der Waals surface area (Å²) in [4.78, 5) is 20.4. The smallest absolute Gasteiger partial charge is 0.336 e. The number of rotatable bonds is 6. The number of halogens is 2. The Morgan fingerprint density at radius 2 is 1.79 bits per heavy atom. The average molecular weight is 477 g/mol. The van der Waals surface area contributed by atoms with Gasteiger partial charge in [-0.25, -0.2) is 27.0 Å². The van der Waals surface area contributed by atoms with E-state index in [2.05, 4.69) is 21.5 Å². The summed E-state index contributed by atoms with van der Waals surface area (Å²) < 4.78 is 54.1. The third-order valence-electron chi connectivity index (χ3n) is 5.62. The van der Waals surface area contributed by atoms with Crippen LogP contribution in [0.15, 0.2) is 47.4 Å². The zero-order valence-electron chi connectivity index (χ0n) is 17.8. The molecule has 0 amide bonds. The molecule has 2 aromatic carbocycles. The third kappa shape index (κ3) is 4.74. The molecule has 174 valence electrons. The van der Waals surface area contributed by atoms with Crippen molar-refractivity contribution in [3.05, 3.63) is 59.7 Å². The number of carboxylic acids is 1. The van der Waals surface area contributed by atoms with Crippen molar-refractivity contribution < 1.29 is 27.1 Å². The van der Waals surface area contributed by atoms with Crippen LogP contribution in [0.25, 0.3) is 10.9 Å². The number of hydrogen-bond donors (Lipinski definition) is 2. The highest BCUT2D eigenvalue weighted by Crippen LogP contribution is 2.28. The highest BCUT2D eigenvalue weighted by molar-refractivity contribution is 7.92. The molecular formula is C22H22F2N4O4S. The van der Waals surface area contributed by atoms with Gasteiger partial charge in [0.25, 0.3) is 10.0 Å². The van der Waals surface area contributed by atoms with E-state index in [9.17, 15) is 27.1 Å². The van der Waals surface area contributed by atoms with Crippen molar-refractivity contribution >= 4 is 38.4 Å². The van der Waals surface area contributed by atoms with Gasteiger partial charge in [0.2, 0.25) is 0 Å². The first-order valence-electron chi connectivity index (χ1n) is 10.3. The molecule has 0 bridgehead atoms. The fraction of sp³-hybridized carbons (Fsp3) is 0.273. The van der Waals surface area contributed by atoms with Gasteiger partial charge in [0.05, 0.1) is 16.0 Å². The zero-order valence-corrected chi connectivity index (χ0v) is 18.6. The summed E-state index contributed by atoms with van der Waals surface area (Å²) in [6.45, 7) is 6.18. The number of pyridine rings is 1. The van der Waals surface area contributed by atoms with Crippen molar-refractivity contribution in [2.24, 2.45) is 0 Å². The van der Waals surface area contributed by atoms with E-state index in [1.54, 1.807) is 0 Å². The van der Waals surface area contributed by atoms with E-state index in [-0.39, 0.29) is 16.6 Å². The van der Waals surface area contributed by atoms with Gasteiger partial charge >= 0.3 is 5.97 Å². The molecule has 1 aromatic heterocycles. The Bertz CT molecular complexity index is 1330. The Hall–Kier alpha value is -3.31. The molecule has 1 fully saturated rings. The lowest BCUT2D eigenvalue weighted by atomic mass is 10.1. The van der Waals surface area contributed by atoms with E-state index >= 15 is 0 Å². The van der Waals surface area contributed by atoms with Crippen molar-refractivity contribution in [3.63, 3.8) is 0 Å². The predicted octanol–water partition coefficient (Wildman–Crippen LogP) is 3.15. The molecule has 4 rings (SSSR count). The molecule has 0 saturated carbocycles. The predicted molar refractivity (Wildman–Crippen MR) is 120 cm³/mol. The number of nitrogens with one attached hydrogen (secondary N) is 1. The van der Waals surface area contributed by atoms with Crippen molar-refractivity contribution in [2.75, 3.05) is 42.3 Å². The first-order valence-corrected chi connectivity index (χ1v) is 11.8. The van der Waals surface area contributed by atoms with Gasteiger partial charge in [-0.2, -0.15) is 0 Å². The number of nitrogens with zero attached hydrogens (tertiary/aromatic N) is 3. The minimum atomic E-state index is -4.22. The highest BCUT2D eigenvalue weighted by Gasteiger charge is 2.21. The quantitative estimate of drug-likeness (QED) is 0.563. The molecule has 1 aliphatic heterocycles. The third-order valence-corrected chi connectivity index (χ3v) is 7.00. The topological polar surface area (TPSA) is 103 Å². The highest BCUT2D eigenvalue weighted by atomic mass is 32.2. The lowest BCUT2D eigenvalue weighted by Crippen LogP contribution is -2.46. The summed E-state index contributed by atoms with van der Waals surface area (Å²) in [7, 11) is -4.22. The molecular weight excluding hydrogens is 454 g/mol. The lowest BCUT2D eigenvalue weighted by molar-refractivity contribution is 0.0699. The summed E-state index contributed by atoms with van der Waals surface area (Å²) in [6, 6.07) is 8.05. The standard InChI is InChI=1S/C22H22F2N4O4S/c1-2-27-7-9-28(10-8-27)21-13-17(22(29)30)16-11-14(3-6-20(16)25-21)26-33(31,32)15-4-5-18(23)19(24)12-15/h3-6,11-13,26H,2,7-10H2,1H3,(H,29,30). The van der Waals surface area contributed by atoms with Crippen molar-refractivity contribution in [2.45, 2.75) is 11.8 Å². The molecule has 11 heteroatoms. The Labute approximate surface area is 189 Å². The van der Waals surface area contributed by atoms with Gasteiger partial charge in [0.15, 0.2) is 11.6 Å². The number of carboxylic acid groups (broad SMARTS) is 1. The van der Waals surface area contributed by atoms with Gasteiger partial charge in [0.1, 0.15) is 5.82 Å². The van der Waals surface area contributed by atoms with Crippen LogP contribution in [-0.4, -0.2) is 62.1 Å². The number of likely N-dealkylation sites (N-methyl/N-ethyl adjacent to an activating group) is 1. The Kier molecular flexibility index (Phi) is 6.17. The first-order chi connectivity index (χ1) is 15.7. The number of aromatic nitrogens is 1. The summed E-state index contributed by atoms with van der Waals surface area (Å²) in [5, 5.41) is 10.0. The van der Waals surface area contributed by atoms with E-state index in [0.717, 1.165) is 44.9 Å². The number of piperazine rings is 1. The fourth-order valence-corrected chi connectivity index (χ4v) is 4.83. The molecule has 2 N–H and O–H groups in total. The molecule has 0 atom stereocenters. The molecule has 33 heavy (non-hydrogen) atoms. The fourth-order valence-electron chi connectivity index (χ4n) is 3.77. The largest absolute Gasteiger partial charge is 0.478 e. The second kappa shape index (κ2) is 8.91. The van der Waals surface area contributed by atoms with Crippen LogP contribution in [0.5, 0.6) is 0 Å². The minimum Gasteiger partial charge on any atom is -0.478 e. The van der Waals surface area contributed by atoms with Crippen molar-refractivity contribution in [3.8, 4) is 0 Å². The summed E-state index contributed by atoms with van der Waals surface area (Å²) in [5.41, 5.74) is 0.459. The maximum atomic E-state index is 13.5. The number of benzene rings is 2. The second-order valence-corrected chi connectivity index (χ2v) is 9.35. The van der Waals surface area contributed by atoms with Gasteiger partial charge in [-0.05, 0) is 49.0 Å². The number of fused-ring (bicyclic) bond motifs is 1. The van der Waals surface area contributed by atoms with Crippen LogP contribution in [0, 0.1) is 11.6 Å².